The van der Waals surface area contributed by atoms with E-state index in [1.54, 1.807) is 18.1 Å². The average molecular weight is 269 g/mol. The molecule has 2 rings (SSSR count). The van der Waals surface area contributed by atoms with Crippen LogP contribution in [0.1, 0.15) is 21.5 Å². The van der Waals surface area contributed by atoms with Crippen LogP contribution in [0.4, 0.5) is 0 Å². The molecule has 2 N–H and O–H groups in total. The number of H-pyrrole nitrogens is 1. The van der Waals surface area contributed by atoms with Gasteiger partial charge in [0, 0.05) is 25.4 Å². The van der Waals surface area contributed by atoms with Gasteiger partial charge in [0.2, 0.25) is 0 Å². The summed E-state index contributed by atoms with van der Waals surface area (Å²) in [5.41, 5.74) is 2.33. The first-order chi connectivity index (χ1) is 9.70. The fourth-order valence-corrected chi connectivity index (χ4v) is 1.82. The molecule has 0 aliphatic heterocycles. The number of benzene rings is 1. The number of carbonyl (C=O) groups excluding carboxylic acids is 1. The molecule has 1 aromatic heterocycles. The van der Waals surface area contributed by atoms with Gasteiger partial charge in [-0.05, 0) is 17.7 Å². The first-order valence-corrected chi connectivity index (χ1v) is 6.13. The van der Waals surface area contributed by atoms with Gasteiger partial charge in [-0.25, -0.2) is 0 Å². The Morgan fingerprint density at radius 2 is 2.35 bits per heavy atom. The Labute approximate surface area is 117 Å². The summed E-state index contributed by atoms with van der Waals surface area (Å²) in [6.45, 7) is 0.321. The number of nitrogens with zero attached hydrogens (tertiary/aromatic N) is 2. The van der Waals surface area contributed by atoms with E-state index in [-0.39, 0.29) is 12.5 Å². The molecule has 5 nitrogen and oxygen atoms in total. The zero-order valence-corrected chi connectivity index (χ0v) is 11.1. The maximum Gasteiger partial charge on any atom is 0.257 e. The lowest BCUT2D eigenvalue weighted by Crippen LogP contribution is -2.25. The van der Waals surface area contributed by atoms with Crippen LogP contribution in [0.5, 0.6) is 0 Å². The summed E-state index contributed by atoms with van der Waals surface area (Å²) in [4.78, 5) is 13.7. The third-order valence-electron chi connectivity index (χ3n) is 2.75. The van der Waals surface area contributed by atoms with E-state index in [0.717, 1.165) is 11.1 Å². The Balaban J connectivity index is 2.08. The number of aliphatic hydroxyl groups is 1. The van der Waals surface area contributed by atoms with Crippen molar-refractivity contribution < 1.29 is 9.90 Å². The monoisotopic (exact) mass is 269 g/mol. The predicted molar refractivity (Wildman–Crippen MR) is 74.8 cm³/mol. The summed E-state index contributed by atoms with van der Waals surface area (Å²) >= 11 is 0. The van der Waals surface area contributed by atoms with E-state index in [0.29, 0.717) is 12.1 Å². The van der Waals surface area contributed by atoms with Crippen LogP contribution in [-0.4, -0.2) is 39.8 Å². The molecular formula is C15H15N3O2. The topological polar surface area (TPSA) is 69.2 Å². The van der Waals surface area contributed by atoms with Crippen LogP contribution in [0.2, 0.25) is 0 Å². The number of rotatable bonds is 3. The lowest BCUT2D eigenvalue weighted by atomic mass is 10.1. The third-order valence-corrected chi connectivity index (χ3v) is 2.75. The highest BCUT2D eigenvalue weighted by molar-refractivity contribution is 5.93. The predicted octanol–water partition coefficient (Wildman–Crippen LogP) is 1.03. The minimum absolute atomic E-state index is 0.0920. The van der Waals surface area contributed by atoms with Gasteiger partial charge in [-0.3, -0.25) is 9.89 Å². The van der Waals surface area contributed by atoms with Crippen LogP contribution in [0.25, 0.3) is 0 Å². The number of amides is 1. The SMILES string of the molecule is CN(Cc1cccc(C#CCO)c1)C(=O)c1cn[nH]c1. The summed E-state index contributed by atoms with van der Waals surface area (Å²) in [5, 5.41) is 15.1. The van der Waals surface area contributed by atoms with Gasteiger partial charge in [-0.15, -0.1) is 0 Å². The second-order valence-corrected chi connectivity index (χ2v) is 4.31. The quantitative estimate of drug-likeness (QED) is 0.818. The van der Waals surface area contributed by atoms with Crippen molar-refractivity contribution in [2.24, 2.45) is 0 Å². The minimum Gasteiger partial charge on any atom is -0.384 e. The number of nitrogens with one attached hydrogen (secondary N) is 1. The average Bonchev–Trinajstić information content (AvgIpc) is 2.98. The number of aromatic amines is 1. The maximum absolute atomic E-state index is 12.1. The van der Waals surface area contributed by atoms with Crippen molar-refractivity contribution in [3.05, 3.63) is 53.3 Å². The fraction of sp³-hybridized carbons (Fsp3) is 0.200. The number of hydrogen-bond acceptors (Lipinski definition) is 3. The highest BCUT2D eigenvalue weighted by Gasteiger charge is 2.12. The van der Waals surface area contributed by atoms with Gasteiger partial charge in [0.25, 0.3) is 5.91 Å². The number of aliphatic hydroxyl groups excluding tert-OH is 1. The highest BCUT2D eigenvalue weighted by atomic mass is 16.2. The molecule has 0 bridgehead atoms. The van der Waals surface area contributed by atoms with E-state index < -0.39 is 0 Å². The normalized spacial score (nSPS) is 9.70. The van der Waals surface area contributed by atoms with Gasteiger partial charge in [-0.2, -0.15) is 5.10 Å². The van der Waals surface area contributed by atoms with Gasteiger partial charge in [0.05, 0.1) is 11.8 Å². The van der Waals surface area contributed by atoms with Crippen molar-refractivity contribution in [3.63, 3.8) is 0 Å². The van der Waals surface area contributed by atoms with E-state index >= 15 is 0 Å². The van der Waals surface area contributed by atoms with Crippen molar-refractivity contribution in [2.75, 3.05) is 13.7 Å². The van der Waals surface area contributed by atoms with Crippen molar-refractivity contribution in [2.45, 2.75) is 6.54 Å². The van der Waals surface area contributed by atoms with Gasteiger partial charge in [0.15, 0.2) is 0 Å². The maximum atomic E-state index is 12.1. The van der Waals surface area contributed by atoms with E-state index in [9.17, 15) is 4.79 Å². The van der Waals surface area contributed by atoms with Crippen molar-refractivity contribution in [1.29, 1.82) is 0 Å². The zero-order chi connectivity index (χ0) is 14.4. The molecular weight excluding hydrogens is 254 g/mol. The molecule has 0 saturated carbocycles. The molecule has 1 amide bonds. The Morgan fingerprint density at radius 1 is 1.50 bits per heavy atom. The summed E-state index contributed by atoms with van der Waals surface area (Å²) in [7, 11) is 1.74. The molecule has 2 aromatic rings. The molecule has 102 valence electrons. The minimum atomic E-state index is -0.164. The fourth-order valence-electron chi connectivity index (χ4n) is 1.82. The molecule has 0 fully saturated rings. The van der Waals surface area contributed by atoms with Gasteiger partial charge in [0.1, 0.15) is 6.61 Å². The summed E-state index contributed by atoms with van der Waals surface area (Å²) in [5.74, 6) is 5.36. The van der Waals surface area contributed by atoms with Crippen LogP contribution < -0.4 is 0 Å². The molecule has 5 heteroatoms. The molecule has 0 atom stereocenters. The summed E-state index contributed by atoms with van der Waals surface area (Å²) in [6.07, 6.45) is 3.07. The highest BCUT2D eigenvalue weighted by Crippen LogP contribution is 2.09. The Bertz CT molecular complexity index is 639. The second-order valence-electron chi connectivity index (χ2n) is 4.31. The van der Waals surface area contributed by atoms with Crippen molar-refractivity contribution in [3.8, 4) is 11.8 Å². The van der Waals surface area contributed by atoms with Crippen LogP contribution in [-0.2, 0) is 6.54 Å². The second kappa shape index (κ2) is 6.55. The molecule has 20 heavy (non-hydrogen) atoms. The molecule has 0 aliphatic rings. The first kappa shape index (κ1) is 13.8. The Hall–Kier alpha value is -2.58. The van der Waals surface area contributed by atoms with Crippen molar-refractivity contribution in [1.82, 2.24) is 15.1 Å². The van der Waals surface area contributed by atoms with E-state index in [2.05, 4.69) is 22.0 Å². The molecule has 1 heterocycles. The smallest absolute Gasteiger partial charge is 0.257 e. The van der Waals surface area contributed by atoms with Gasteiger partial charge in [-0.1, -0.05) is 24.0 Å². The van der Waals surface area contributed by atoms with E-state index in [1.165, 1.54) is 6.20 Å². The van der Waals surface area contributed by atoms with Crippen LogP contribution in [0, 0.1) is 11.8 Å². The molecule has 0 aliphatic carbocycles. The van der Waals surface area contributed by atoms with Gasteiger partial charge >= 0.3 is 0 Å². The number of carbonyl (C=O) groups is 1. The van der Waals surface area contributed by atoms with E-state index in [1.807, 2.05) is 24.3 Å². The zero-order valence-electron chi connectivity index (χ0n) is 11.1. The summed E-state index contributed by atoms with van der Waals surface area (Å²) in [6, 6.07) is 7.59. The van der Waals surface area contributed by atoms with Crippen LogP contribution in [0.15, 0.2) is 36.7 Å². The largest absolute Gasteiger partial charge is 0.384 e. The Morgan fingerprint density at radius 3 is 3.05 bits per heavy atom. The standard InChI is InChI=1S/C15H15N3O2/c1-18(15(20)14-9-16-17-10-14)11-13-5-2-4-12(8-13)6-3-7-19/h2,4-5,8-10,19H,7,11H2,1H3,(H,16,17). The first-order valence-electron chi connectivity index (χ1n) is 6.13. The van der Waals surface area contributed by atoms with Crippen LogP contribution >= 0.6 is 0 Å². The lowest BCUT2D eigenvalue weighted by Gasteiger charge is -2.16. The van der Waals surface area contributed by atoms with Crippen LogP contribution in [0.3, 0.4) is 0 Å². The van der Waals surface area contributed by atoms with E-state index in [4.69, 9.17) is 5.11 Å². The molecule has 0 saturated heterocycles. The molecule has 0 unspecified atom stereocenters. The molecule has 0 spiro atoms. The third kappa shape index (κ3) is 3.46. The van der Waals surface area contributed by atoms with Gasteiger partial charge < -0.3 is 10.0 Å². The Kier molecular flexibility index (Phi) is 4.53. The molecule has 1 aromatic carbocycles. The number of hydrogen-bond donors (Lipinski definition) is 2. The number of aromatic nitrogens is 2. The summed E-state index contributed by atoms with van der Waals surface area (Å²) < 4.78 is 0. The van der Waals surface area contributed by atoms with Crippen molar-refractivity contribution >= 4 is 5.91 Å². The lowest BCUT2D eigenvalue weighted by molar-refractivity contribution is 0.0785. The molecule has 0 radical (unpaired) electrons.